The van der Waals surface area contributed by atoms with E-state index >= 15 is 0 Å². The Labute approximate surface area is 117 Å². The molecule has 0 aliphatic carbocycles. The molecule has 0 aromatic rings. The Morgan fingerprint density at radius 1 is 1.37 bits per heavy atom. The fourth-order valence-corrected chi connectivity index (χ4v) is 3.43. The average Bonchev–Trinajstić information content (AvgIpc) is 2.76. The van der Waals surface area contributed by atoms with Gasteiger partial charge in [-0.25, -0.2) is 0 Å². The van der Waals surface area contributed by atoms with Crippen LogP contribution in [0.3, 0.4) is 0 Å². The van der Waals surface area contributed by atoms with E-state index < -0.39 is 0 Å². The van der Waals surface area contributed by atoms with Crippen LogP contribution < -0.4 is 5.32 Å². The molecule has 1 N–H and O–H groups in total. The Bertz CT molecular complexity index is 347. The van der Waals surface area contributed by atoms with Crippen molar-refractivity contribution >= 4 is 5.91 Å². The second kappa shape index (κ2) is 6.08. The van der Waals surface area contributed by atoms with Crippen molar-refractivity contribution in [3.63, 3.8) is 0 Å². The molecule has 1 saturated heterocycles. The van der Waals surface area contributed by atoms with Gasteiger partial charge in [0.2, 0.25) is 5.91 Å². The van der Waals surface area contributed by atoms with Crippen LogP contribution in [0.4, 0.5) is 0 Å². The lowest BCUT2D eigenvalue weighted by molar-refractivity contribution is -0.135. The van der Waals surface area contributed by atoms with Crippen molar-refractivity contribution in [3.8, 4) is 0 Å². The lowest BCUT2D eigenvalue weighted by atomic mass is 9.82. The monoisotopic (exact) mass is 264 g/mol. The smallest absolute Gasteiger partial charge is 0.227 e. The minimum atomic E-state index is 0.114. The minimum Gasteiger partial charge on any atom is -0.342 e. The zero-order valence-electron chi connectivity index (χ0n) is 12.6. The number of nitrogens with zero attached hydrogens (tertiary/aromatic N) is 1. The topological polar surface area (TPSA) is 32.3 Å². The summed E-state index contributed by atoms with van der Waals surface area (Å²) in [6, 6.07) is 0.278. The molecular formula is C16H28N2O. The summed E-state index contributed by atoms with van der Waals surface area (Å²) < 4.78 is 0. The summed E-state index contributed by atoms with van der Waals surface area (Å²) in [5.41, 5.74) is 0.382. The largest absolute Gasteiger partial charge is 0.342 e. The Morgan fingerprint density at radius 3 is 2.74 bits per heavy atom. The number of allylic oxidation sites excluding steroid dienone is 1. The molecule has 19 heavy (non-hydrogen) atoms. The quantitative estimate of drug-likeness (QED) is 0.795. The van der Waals surface area contributed by atoms with Crippen LogP contribution in [0.25, 0.3) is 0 Å². The van der Waals surface area contributed by atoms with Crippen LogP contribution in [0.1, 0.15) is 46.5 Å². The van der Waals surface area contributed by atoms with Crippen molar-refractivity contribution in [2.24, 2.45) is 11.3 Å². The van der Waals surface area contributed by atoms with Crippen molar-refractivity contribution in [3.05, 3.63) is 12.2 Å². The van der Waals surface area contributed by atoms with Gasteiger partial charge in [-0.1, -0.05) is 26.0 Å². The van der Waals surface area contributed by atoms with Gasteiger partial charge in [-0.05, 0) is 38.0 Å². The molecular weight excluding hydrogens is 236 g/mol. The fraction of sp³-hybridized carbons (Fsp3) is 0.812. The zero-order valence-corrected chi connectivity index (χ0v) is 12.6. The molecule has 0 aromatic heterocycles. The second-order valence-corrected chi connectivity index (χ2v) is 6.23. The first-order valence-electron chi connectivity index (χ1n) is 7.79. The maximum absolute atomic E-state index is 12.7. The van der Waals surface area contributed by atoms with Crippen LogP contribution in [0.2, 0.25) is 0 Å². The van der Waals surface area contributed by atoms with E-state index in [0.717, 1.165) is 26.1 Å². The van der Waals surface area contributed by atoms with E-state index in [1.165, 1.54) is 19.3 Å². The van der Waals surface area contributed by atoms with Crippen LogP contribution in [0, 0.1) is 11.3 Å². The predicted molar refractivity (Wildman–Crippen MR) is 78.9 cm³/mol. The molecule has 1 amide bonds. The number of hydrogen-bond donors (Lipinski definition) is 1. The Morgan fingerprint density at radius 2 is 2.11 bits per heavy atom. The van der Waals surface area contributed by atoms with Gasteiger partial charge in [0.05, 0.1) is 5.92 Å². The Kier molecular flexibility index (Phi) is 4.67. The predicted octanol–water partition coefficient (Wildman–Crippen LogP) is 2.58. The molecule has 0 aromatic carbocycles. The van der Waals surface area contributed by atoms with Gasteiger partial charge in [0.1, 0.15) is 0 Å². The van der Waals surface area contributed by atoms with E-state index in [2.05, 4.69) is 43.1 Å². The normalized spacial score (nSPS) is 30.4. The highest BCUT2D eigenvalue weighted by Crippen LogP contribution is 2.37. The third-order valence-electron chi connectivity index (χ3n) is 5.29. The number of likely N-dealkylation sites (tertiary alicyclic amines) is 1. The van der Waals surface area contributed by atoms with E-state index in [1.807, 2.05) is 0 Å². The fourth-order valence-electron chi connectivity index (χ4n) is 3.43. The number of carbonyl (C=O) groups excluding carboxylic acids is 1. The third kappa shape index (κ3) is 3.02. The maximum Gasteiger partial charge on any atom is 0.227 e. The van der Waals surface area contributed by atoms with Crippen LogP contribution in [-0.4, -0.2) is 36.5 Å². The minimum absolute atomic E-state index is 0.114. The number of nitrogens with one attached hydrogen (secondary N) is 1. The Hall–Kier alpha value is -0.830. The number of rotatable bonds is 3. The summed E-state index contributed by atoms with van der Waals surface area (Å²) in [6.07, 6.45) is 8.72. The summed E-state index contributed by atoms with van der Waals surface area (Å²) in [4.78, 5) is 14.9. The SMILES string of the molecule is CCC1(CC)CCN(C(=O)[C@H]2CC=CCN[C@H]2C)C1. The van der Waals surface area contributed by atoms with Crippen molar-refractivity contribution in [1.82, 2.24) is 10.2 Å². The van der Waals surface area contributed by atoms with Gasteiger partial charge in [0.15, 0.2) is 0 Å². The van der Waals surface area contributed by atoms with Crippen LogP contribution in [-0.2, 0) is 4.79 Å². The molecule has 0 bridgehead atoms. The van der Waals surface area contributed by atoms with E-state index in [1.54, 1.807) is 0 Å². The maximum atomic E-state index is 12.7. The standard InChI is InChI=1S/C16H28N2O/c1-4-16(5-2)9-11-18(12-16)15(19)14-8-6-7-10-17-13(14)3/h6-7,13-14,17H,4-5,8-12H2,1-3H3/t13-,14-/m0/s1. The summed E-state index contributed by atoms with van der Waals surface area (Å²) in [5.74, 6) is 0.471. The van der Waals surface area contributed by atoms with Gasteiger partial charge in [-0.15, -0.1) is 0 Å². The van der Waals surface area contributed by atoms with E-state index in [4.69, 9.17) is 0 Å². The van der Waals surface area contributed by atoms with Crippen molar-refractivity contribution < 1.29 is 4.79 Å². The molecule has 2 aliphatic rings. The number of hydrogen-bond acceptors (Lipinski definition) is 2. The summed E-state index contributed by atoms with van der Waals surface area (Å²) in [5, 5.41) is 3.41. The van der Waals surface area contributed by atoms with Gasteiger partial charge in [0.25, 0.3) is 0 Å². The summed E-state index contributed by atoms with van der Waals surface area (Å²) >= 11 is 0. The highest BCUT2D eigenvalue weighted by molar-refractivity contribution is 5.80. The third-order valence-corrected chi connectivity index (χ3v) is 5.29. The first-order valence-corrected chi connectivity index (χ1v) is 7.79. The molecule has 2 aliphatic heterocycles. The molecule has 1 fully saturated rings. The molecule has 0 radical (unpaired) electrons. The molecule has 0 saturated carbocycles. The molecule has 0 unspecified atom stereocenters. The van der Waals surface area contributed by atoms with Gasteiger partial charge in [-0.3, -0.25) is 4.79 Å². The highest BCUT2D eigenvalue weighted by Gasteiger charge is 2.39. The first kappa shape index (κ1) is 14.6. The lowest BCUT2D eigenvalue weighted by Gasteiger charge is -2.29. The van der Waals surface area contributed by atoms with Crippen molar-refractivity contribution in [1.29, 1.82) is 0 Å². The van der Waals surface area contributed by atoms with Gasteiger partial charge in [0, 0.05) is 25.7 Å². The van der Waals surface area contributed by atoms with E-state index in [-0.39, 0.29) is 12.0 Å². The first-order chi connectivity index (χ1) is 9.12. The van der Waals surface area contributed by atoms with Crippen LogP contribution in [0.5, 0.6) is 0 Å². The molecule has 0 spiro atoms. The van der Waals surface area contributed by atoms with E-state index in [9.17, 15) is 4.79 Å². The summed E-state index contributed by atoms with van der Waals surface area (Å²) in [7, 11) is 0. The Balaban J connectivity index is 2.02. The van der Waals surface area contributed by atoms with Gasteiger partial charge in [-0.2, -0.15) is 0 Å². The molecule has 2 atom stereocenters. The van der Waals surface area contributed by atoms with Gasteiger partial charge >= 0.3 is 0 Å². The van der Waals surface area contributed by atoms with Crippen molar-refractivity contribution in [2.75, 3.05) is 19.6 Å². The van der Waals surface area contributed by atoms with Crippen LogP contribution in [0.15, 0.2) is 12.2 Å². The second-order valence-electron chi connectivity index (χ2n) is 6.23. The van der Waals surface area contributed by atoms with E-state index in [0.29, 0.717) is 11.3 Å². The highest BCUT2D eigenvalue weighted by atomic mass is 16.2. The number of amides is 1. The van der Waals surface area contributed by atoms with Crippen LogP contribution >= 0.6 is 0 Å². The zero-order chi connectivity index (χ0) is 13.9. The lowest BCUT2D eigenvalue weighted by Crippen LogP contribution is -2.44. The number of carbonyl (C=O) groups is 1. The van der Waals surface area contributed by atoms with Crippen molar-refractivity contribution in [2.45, 2.75) is 52.5 Å². The average molecular weight is 264 g/mol. The molecule has 2 heterocycles. The molecule has 2 rings (SSSR count). The molecule has 3 nitrogen and oxygen atoms in total. The summed E-state index contributed by atoms with van der Waals surface area (Å²) in [6.45, 7) is 9.46. The molecule has 3 heteroatoms. The van der Waals surface area contributed by atoms with Gasteiger partial charge < -0.3 is 10.2 Å². The molecule has 108 valence electrons.